The molecule has 5 N–H and O–H groups in total. The lowest BCUT2D eigenvalue weighted by atomic mass is 10.0. The molecule has 0 heterocycles. The van der Waals surface area contributed by atoms with Crippen LogP contribution < -0.4 is 21.7 Å². The van der Waals surface area contributed by atoms with E-state index in [9.17, 15) is 9.59 Å². The van der Waals surface area contributed by atoms with Crippen molar-refractivity contribution < 1.29 is 28.6 Å². The van der Waals surface area contributed by atoms with Gasteiger partial charge in [0.05, 0.1) is 12.1 Å². The maximum Gasteiger partial charge on any atom is 0.408 e. The quantitative estimate of drug-likeness (QED) is 0.122. The number of amides is 1. The van der Waals surface area contributed by atoms with Crippen molar-refractivity contribution in [1.82, 2.24) is 5.32 Å². The van der Waals surface area contributed by atoms with E-state index in [2.05, 4.69) is 10.3 Å². The van der Waals surface area contributed by atoms with Crippen LogP contribution in [0.15, 0.2) is 89.9 Å². The molecule has 1 amide bonds. The number of amidine groups is 1. The molecular weight excluding hydrogens is 536 g/mol. The highest BCUT2D eigenvalue weighted by molar-refractivity contribution is 5.97. The summed E-state index contributed by atoms with van der Waals surface area (Å²) in [6.45, 7) is 9.11. The lowest BCUT2D eigenvalue weighted by Gasteiger charge is -2.27. The van der Waals surface area contributed by atoms with Crippen molar-refractivity contribution in [3.63, 3.8) is 0 Å². The Bertz CT molecular complexity index is 1280. The van der Waals surface area contributed by atoms with Crippen molar-refractivity contribution in [2.75, 3.05) is 13.2 Å². The Kier molecular flexibility index (Phi) is 11.1. The number of nitrogens with zero attached hydrogens (tertiary/aromatic N) is 1. The topological polar surface area (TPSA) is 147 Å². The number of alkyl carbamates (subject to hydrolysis) is 1. The number of rotatable bonds is 12. The zero-order valence-corrected chi connectivity index (χ0v) is 24.7. The van der Waals surface area contributed by atoms with E-state index in [0.29, 0.717) is 17.1 Å². The molecule has 0 spiro atoms. The molecule has 1 unspecified atom stereocenters. The van der Waals surface area contributed by atoms with Gasteiger partial charge in [-0.25, -0.2) is 15.5 Å². The number of hydrogen-bond donors (Lipinski definition) is 3. The van der Waals surface area contributed by atoms with Crippen LogP contribution in [0.1, 0.15) is 57.4 Å². The maximum atomic E-state index is 13.0. The minimum absolute atomic E-state index is 0.168. The molecule has 42 heavy (non-hydrogen) atoms. The predicted molar refractivity (Wildman–Crippen MR) is 161 cm³/mol. The number of nitrogens with two attached hydrogens (primary N) is 2. The number of benzene rings is 3. The molecule has 1 atom stereocenters. The van der Waals surface area contributed by atoms with Crippen LogP contribution in [0, 0.1) is 0 Å². The van der Waals surface area contributed by atoms with Crippen molar-refractivity contribution in [2.45, 2.75) is 58.0 Å². The third kappa shape index (κ3) is 10.2. The fourth-order valence-electron chi connectivity index (χ4n) is 3.83. The van der Waals surface area contributed by atoms with Gasteiger partial charge in [0.1, 0.15) is 23.8 Å². The van der Waals surface area contributed by atoms with E-state index in [1.165, 1.54) is 0 Å². The summed E-state index contributed by atoms with van der Waals surface area (Å²) in [5, 5.41) is 2.80. The van der Waals surface area contributed by atoms with Crippen molar-refractivity contribution in [3.8, 4) is 5.75 Å². The first-order valence-electron chi connectivity index (χ1n) is 13.6. The molecule has 0 radical (unpaired) electrons. The van der Waals surface area contributed by atoms with Crippen molar-refractivity contribution >= 4 is 17.9 Å². The smallest absolute Gasteiger partial charge is 0.408 e. The minimum atomic E-state index is -1.16. The summed E-state index contributed by atoms with van der Waals surface area (Å²) >= 11 is 0. The average Bonchev–Trinajstić information content (AvgIpc) is 2.95. The first-order valence-corrected chi connectivity index (χ1v) is 13.6. The lowest BCUT2D eigenvalue weighted by Crippen LogP contribution is -2.48. The fourth-order valence-corrected chi connectivity index (χ4v) is 3.83. The van der Waals surface area contributed by atoms with Crippen LogP contribution in [-0.4, -0.2) is 48.3 Å². The van der Waals surface area contributed by atoms with Crippen LogP contribution in [0.4, 0.5) is 4.79 Å². The molecule has 0 saturated heterocycles. The Hall–Kier alpha value is -4.41. The number of esters is 1. The van der Waals surface area contributed by atoms with Gasteiger partial charge in [0.2, 0.25) is 6.10 Å². The first-order chi connectivity index (χ1) is 19.9. The van der Waals surface area contributed by atoms with Crippen LogP contribution in [0.25, 0.3) is 0 Å². The summed E-state index contributed by atoms with van der Waals surface area (Å²) in [5.74, 6) is 5.54. The second-order valence-electron chi connectivity index (χ2n) is 11.3. The normalized spacial score (nSPS) is 12.9. The summed E-state index contributed by atoms with van der Waals surface area (Å²) in [6.07, 6.45) is -2.32. The Morgan fingerprint density at radius 2 is 1.40 bits per heavy atom. The molecule has 3 rings (SSSR count). The van der Waals surface area contributed by atoms with E-state index in [1.807, 2.05) is 74.5 Å². The zero-order chi connectivity index (χ0) is 30.8. The van der Waals surface area contributed by atoms with Crippen LogP contribution in [0.3, 0.4) is 0 Å². The lowest BCUT2D eigenvalue weighted by molar-refractivity contribution is -0.163. The number of carbonyl (C=O) groups excluding carboxylic acids is 2. The van der Waals surface area contributed by atoms with Crippen LogP contribution in [-0.2, 0) is 19.1 Å². The van der Waals surface area contributed by atoms with Crippen molar-refractivity contribution in [2.24, 2.45) is 16.6 Å². The van der Waals surface area contributed by atoms with Gasteiger partial charge in [0.25, 0.3) is 0 Å². The summed E-state index contributed by atoms with van der Waals surface area (Å²) < 4.78 is 16.9. The standard InChI is InChI=1S/C32H40N4O6/c1-31(2,3)41-30(38)36-32(4,5)21-35-28(33)24-16-18-25(19-17-24)39-20-26(42-34)29(37)40-27(22-12-8-6-9-13-22)23-14-10-7-11-15-23/h6-19,26-27H,20-21,34H2,1-5H3,(H2,33,35)(H,36,38). The summed E-state index contributed by atoms with van der Waals surface area (Å²) in [7, 11) is 0. The summed E-state index contributed by atoms with van der Waals surface area (Å²) in [6, 6.07) is 25.7. The van der Waals surface area contributed by atoms with E-state index < -0.39 is 35.4 Å². The number of ether oxygens (including phenoxy) is 3. The molecule has 0 bridgehead atoms. The van der Waals surface area contributed by atoms with Gasteiger partial charge < -0.3 is 25.3 Å². The van der Waals surface area contributed by atoms with Gasteiger partial charge in [-0.2, -0.15) is 0 Å². The van der Waals surface area contributed by atoms with E-state index in [0.717, 1.165) is 11.1 Å². The fraction of sp³-hybridized carbons (Fsp3) is 0.344. The third-order valence-electron chi connectivity index (χ3n) is 5.90. The molecule has 0 saturated carbocycles. The van der Waals surface area contributed by atoms with Gasteiger partial charge in [-0.3, -0.25) is 9.83 Å². The zero-order valence-electron chi connectivity index (χ0n) is 24.7. The molecule has 0 aliphatic carbocycles. The number of aliphatic imine (C=N–C) groups is 1. The van der Waals surface area contributed by atoms with E-state index in [4.69, 9.17) is 30.7 Å². The maximum absolute atomic E-state index is 13.0. The molecule has 0 aliphatic rings. The number of nitrogens with one attached hydrogen (secondary N) is 1. The van der Waals surface area contributed by atoms with Crippen molar-refractivity contribution in [3.05, 3.63) is 102 Å². The molecule has 3 aromatic carbocycles. The van der Waals surface area contributed by atoms with Gasteiger partial charge in [-0.15, -0.1) is 0 Å². The van der Waals surface area contributed by atoms with Crippen molar-refractivity contribution in [1.29, 1.82) is 0 Å². The minimum Gasteiger partial charge on any atom is -0.490 e. The number of carbonyl (C=O) groups is 2. The second kappa shape index (κ2) is 14.5. The molecular formula is C32H40N4O6. The average molecular weight is 577 g/mol. The summed E-state index contributed by atoms with van der Waals surface area (Å²) in [4.78, 5) is 34.4. The van der Waals surface area contributed by atoms with Gasteiger partial charge in [0.15, 0.2) is 6.10 Å². The van der Waals surface area contributed by atoms with Gasteiger partial charge in [0, 0.05) is 5.56 Å². The van der Waals surface area contributed by atoms with Crippen LogP contribution >= 0.6 is 0 Å². The molecule has 10 heteroatoms. The second-order valence-corrected chi connectivity index (χ2v) is 11.3. The Morgan fingerprint density at radius 3 is 1.90 bits per heavy atom. The molecule has 224 valence electrons. The SMILES string of the molecule is CC(C)(CN=C(N)c1ccc(OCC(ON)C(=O)OC(c2ccccc2)c2ccccc2)cc1)NC(=O)OC(C)(C)C. The van der Waals surface area contributed by atoms with Crippen LogP contribution in [0.2, 0.25) is 0 Å². The number of hydrogen-bond acceptors (Lipinski definition) is 8. The Morgan fingerprint density at radius 1 is 0.857 bits per heavy atom. The van der Waals surface area contributed by atoms with E-state index in [-0.39, 0.29) is 13.2 Å². The third-order valence-corrected chi connectivity index (χ3v) is 5.90. The molecule has 0 aliphatic heterocycles. The highest BCUT2D eigenvalue weighted by atomic mass is 16.7. The van der Waals surface area contributed by atoms with Gasteiger partial charge in [-0.05, 0) is 70.0 Å². The molecule has 0 fully saturated rings. The largest absolute Gasteiger partial charge is 0.490 e. The molecule has 10 nitrogen and oxygen atoms in total. The summed E-state index contributed by atoms with van der Waals surface area (Å²) in [5.41, 5.74) is 7.19. The highest BCUT2D eigenvalue weighted by Gasteiger charge is 2.27. The first kappa shape index (κ1) is 32.1. The van der Waals surface area contributed by atoms with Crippen LogP contribution in [0.5, 0.6) is 5.75 Å². The van der Waals surface area contributed by atoms with Gasteiger partial charge >= 0.3 is 12.1 Å². The predicted octanol–water partition coefficient (Wildman–Crippen LogP) is 4.67. The Balaban J connectivity index is 1.58. The van der Waals surface area contributed by atoms with E-state index >= 15 is 0 Å². The molecule has 0 aromatic heterocycles. The Labute approximate surface area is 247 Å². The van der Waals surface area contributed by atoms with E-state index in [1.54, 1.807) is 45.0 Å². The monoisotopic (exact) mass is 576 g/mol. The highest BCUT2D eigenvalue weighted by Crippen LogP contribution is 2.26. The molecule has 3 aromatic rings. The van der Waals surface area contributed by atoms with Gasteiger partial charge in [-0.1, -0.05) is 60.7 Å².